The molecule has 2 unspecified atom stereocenters. The SMILES string of the molecule is CC/C=C\C[C@H](O)/C=C/C1C(=O)C[C@H](O)C1C/C=C\CCCC(=O)O. The molecule has 0 amide bonds. The number of hydrogen-bond acceptors (Lipinski definition) is 4. The van der Waals surface area contributed by atoms with Gasteiger partial charge in [0, 0.05) is 24.7 Å². The zero-order valence-corrected chi connectivity index (χ0v) is 14.9. The van der Waals surface area contributed by atoms with E-state index in [1.54, 1.807) is 12.2 Å². The maximum Gasteiger partial charge on any atom is 0.303 e. The van der Waals surface area contributed by atoms with Gasteiger partial charge in [-0.1, -0.05) is 43.4 Å². The molecule has 0 saturated heterocycles. The van der Waals surface area contributed by atoms with Gasteiger partial charge in [-0.3, -0.25) is 9.59 Å². The van der Waals surface area contributed by atoms with Crippen molar-refractivity contribution in [3.63, 3.8) is 0 Å². The predicted molar refractivity (Wildman–Crippen MR) is 97.0 cm³/mol. The van der Waals surface area contributed by atoms with E-state index >= 15 is 0 Å². The Labute approximate surface area is 149 Å². The molecule has 0 aliphatic heterocycles. The minimum atomic E-state index is -0.803. The normalized spacial score (nSPS) is 25.6. The molecular weight excluding hydrogens is 320 g/mol. The number of aliphatic hydroxyl groups excluding tert-OH is 2. The van der Waals surface area contributed by atoms with Crippen molar-refractivity contribution < 1.29 is 24.9 Å². The van der Waals surface area contributed by atoms with E-state index in [4.69, 9.17) is 5.11 Å². The van der Waals surface area contributed by atoms with Crippen LogP contribution in [0.15, 0.2) is 36.5 Å². The van der Waals surface area contributed by atoms with Crippen LogP contribution in [0.1, 0.15) is 51.9 Å². The topological polar surface area (TPSA) is 94.8 Å². The molecule has 0 bridgehead atoms. The van der Waals surface area contributed by atoms with Crippen LogP contribution in [0.2, 0.25) is 0 Å². The first kappa shape index (κ1) is 21.3. The van der Waals surface area contributed by atoms with E-state index in [9.17, 15) is 19.8 Å². The molecule has 1 fully saturated rings. The summed E-state index contributed by atoms with van der Waals surface area (Å²) >= 11 is 0. The smallest absolute Gasteiger partial charge is 0.303 e. The summed E-state index contributed by atoms with van der Waals surface area (Å²) in [5, 5.41) is 28.6. The van der Waals surface area contributed by atoms with E-state index in [2.05, 4.69) is 0 Å². The third-order valence-corrected chi connectivity index (χ3v) is 4.39. The lowest BCUT2D eigenvalue weighted by Crippen LogP contribution is -2.19. The van der Waals surface area contributed by atoms with Gasteiger partial charge in [0.15, 0.2) is 0 Å². The number of rotatable bonds is 11. The van der Waals surface area contributed by atoms with Gasteiger partial charge in [-0.2, -0.15) is 0 Å². The van der Waals surface area contributed by atoms with E-state index < -0.39 is 18.2 Å². The van der Waals surface area contributed by atoms with Crippen LogP contribution >= 0.6 is 0 Å². The highest BCUT2D eigenvalue weighted by Crippen LogP contribution is 2.33. The molecule has 4 atom stereocenters. The average molecular weight is 350 g/mol. The molecule has 3 N–H and O–H groups in total. The number of ketones is 1. The van der Waals surface area contributed by atoms with Crippen molar-refractivity contribution in [1.82, 2.24) is 0 Å². The Morgan fingerprint density at radius 2 is 2.04 bits per heavy atom. The van der Waals surface area contributed by atoms with Crippen LogP contribution in [0.4, 0.5) is 0 Å². The average Bonchev–Trinajstić information content (AvgIpc) is 2.82. The lowest BCUT2D eigenvalue weighted by atomic mass is 9.90. The number of Topliss-reactive ketones (excluding diaryl/α,β-unsaturated/α-hetero) is 1. The van der Waals surface area contributed by atoms with Crippen LogP contribution in [0.3, 0.4) is 0 Å². The molecule has 5 heteroatoms. The molecule has 1 saturated carbocycles. The molecular formula is C20H30O5. The number of allylic oxidation sites excluding steroid dienone is 4. The summed E-state index contributed by atoms with van der Waals surface area (Å²) < 4.78 is 0. The maximum atomic E-state index is 12.1. The molecule has 140 valence electrons. The summed E-state index contributed by atoms with van der Waals surface area (Å²) in [6.07, 6.45) is 13.4. The van der Waals surface area contributed by atoms with Crippen molar-refractivity contribution in [2.75, 3.05) is 0 Å². The number of carboxylic acid groups (broad SMARTS) is 1. The number of aliphatic carboxylic acids is 1. The molecule has 25 heavy (non-hydrogen) atoms. The molecule has 0 aromatic carbocycles. The highest BCUT2D eigenvalue weighted by Gasteiger charge is 2.39. The molecule has 0 aromatic rings. The number of carboxylic acids is 1. The molecule has 0 aromatic heterocycles. The molecule has 0 radical (unpaired) electrons. The second-order valence-electron chi connectivity index (χ2n) is 6.49. The van der Waals surface area contributed by atoms with E-state index in [0.29, 0.717) is 25.7 Å². The second-order valence-corrected chi connectivity index (χ2v) is 6.49. The van der Waals surface area contributed by atoms with Crippen molar-refractivity contribution in [3.8, 4) is 0 Å². The van der Waals surface area contributed by atoms with E-state index in [1.807, 2.05) is 31.2 Å². The van der Waals surface area contributed by atoms with Crippen LogP contribution in [0.25, 0.3) is 0 Å². The molecule has 1 rings (SSSR count). The van der Waals surface area contributed by atoms with Crippen LogP contribution in [0, 0.1) is 11.8 Å². The zero-order valence-electron chi connectivity index (χ0n) is 14.9. The fourth-order valence-electron chi connectivity index (χ4n) is 3.00. The summed E-state index contributed by atoms with van der Waals surface area (Å²) in [4.78, 5) is 22.5. The predicted octanol–water partition coefficient (Wildman–Crippen LogP) is 3.03. The highest BCUT2D eigenvalue weighted by atomic mass is 16.4. The Bertz CT molecular complexity index is 506. The van der Waals surface area contributed by atoms with Gasteiger partial charge in [-0.05, 0) is 32.1 Å². The van der Waals surface area contributed by atoms with Gasteiger partial charge in [-0.15, -0.1) is 0 Å². The number of aliphatic hydroxyl groups is 2. The number of carbonyl (C=O) groups is 2. The van der Waals surface area contributed by atoms with Gasteiger partial charge in [0.2, 0.25) is 0 Å². The standard InChI is InChI=1S/C20H30O5/c1-2-3-6-9-15(21)12-13-17-16(18(22)14-19(17)23)10-7-4-5-8-11-20(24)25/h3-4,6-7,12-13,15-18,21-22H,2,5,8-11,14H2,1H3,(H,24,25)/b6-3-,7-4-,13-12+/t15-,16?,17?,18-/m0/s1. The summed E-state index contributed by atoms with van der Waals surface area (Å²) in [7, 11) is 0. The molecule has 1 aliphatic rings. The van der Waals surface area contributed by atoms with Gasteiger partial charge < -0.3 is 15.3 Å². The Kier molecular flexibility index (Phi) is 10.0. The van der Waals surface area contributed by atoms with Crippen molar-refractivity contribution in [3.05, 3.63) is 36.5 Å². The van der Waals surface area contributed by atoms with Crippen LogP contribution in [0.5, 0.6) is 0 Å². The fraction of sp³-hybridized carbons (Fsp3) is 0.600. The first-order valence-corrected chi connectivity index (χ1v) is 9.04. The van der Waals surface area contributed by atoms with Crippen molar-refractivity contribution in [2.45, 2.75) is 64.1 Å². The Balaban J connectivity index is 2.52. The Hall–Kier alpha value is -1.72. The Morgan fingerprint density at radius 1 is 1.28 bits per heavy atom. The molecule has 0 spiro atoms. The van der Waals surface area contributed by atoms with Crippen LogP contribution in [-0.4, -0.2) is 39.3 Å². The van der Waals surface area contributed by atoms with Crippen molar-refractivity contribution in [2.24, 2.45) is 11.8 Å². The third kappa shape index (κ3) is 8.27. The molecule has 5 nitrogen and oxygen atoms in total. The van der Waals surface area contributed by atoms with E-state index in [0.717, 1.165) is 6.42 Å². The van der Waals surface area contributed by atoms with Gasteiger partial charge in [0.05, 0.1) is 12.2 Å². The van der Waals surface area contributed by atoms with Crippen molar-refractivity contribution >= 4 is 11.8 Å². The van der Waals surface area contributed by atoms with Crippen LogP contribution in [-0.2, 0) is 9.59 Å². The number of carbonyl (C=O) groups excluding carboxylic acids is 1. The van der Waals surface area contributed by atoms with Crippen LogP contribution < -0.4 is 0 Å². The first-order valence-electron chi connectivity index (χ1n) is 9.04. The minimum absolute atomic E-state index is 0.00401. The number of hydrogen-bond donors (Lipinski definition) is 3. The van der Waals surface area contributed by atoms with Crippen molar-refractivity contribution in [1.29, 1.82) is 0 Å². The van der Waals surface area contributed by atoms with E-state index in [1.165, 1.54) is 0 Å². The second kappa shape index (κ2) is 11.8. The lowest BCUT2D eigenvalue weighted by molar-refractivity contribution is -0.137. The van der Waals surface area contributed by atoms with Gasteiger partial charge in [0.25, 0.3) is 0 Å². The molecule has 0 heterocycles. The third-order valence-electron chi connectivity index (χ3n) is 4.39. The van der Waals surface area contributed by atoms with Gasteiger partial charge >= 0.3 is 5.97 Å². The minimum Gasteiger partial charge on any atom is -0.481 e. The number of unbranched alkanes of at least 4 members (excludes halogenated alkanes) is 1. The quantitative estimate of drug-likeness (QED) is 0.393. The first-order chi connectivity index (χ1) is 12.0. The Morgan fingerprint density at radius 3 is 2.72 bits per heavy atom. The highest BCUT2D eigenvalue weighted by molar-refractivity contribution is 5.86. The van der Waals surface area contributed by atoms with Gasteiger partial charge in [-0.25, -0.2) is 0 Å². The largest absolute Gasteiger partial charge is 0.481 e. The summed E-state index contributed by atoms with van der Waals surface area (Å²) in [5.41, 5.74) is 0. The monoisotopic (exact) mass is 350 g/mol. The van der Waals surface area contributed by atoms with Gasteiger partial charge in [0.1, 0.15) is 5.78 Å². The summed E-state index contributed by atoms with van der Waals surface area (Å²) in [5.74, 6) is -1.35. The zero-order chi connectivity index (χ0) is 18.7. The van der Waals surface area contributed by atoms with E-state index in [-0.39, 0.29) is 30.5 Å². The lowest BCUT2D eigenvalue weighted by Gasteiger charge is -2.17. The summed E-state index contributed by atoms with van der Waals surface area (Å²) in [6.45, 7) is 2.02. The fourth-order valence-corrected chi connectivity index (χ4v) is 3.00. The maximum absolute atomic E-state index is 12.1. The molecule has 1 aliphatic carbocycles. The summed E-state index contributed by atoms with van der Waals surface area (Å²) in [6, 6.07) is 0.